The summed E-state index contributed by atoms with van der Waals surface area (Å²) in [7, 11) is 0. The fraction of sp³-hybridized carbons (Fsp3) is 0.800. The van der Waals surface area contributed by atoms with Crippen molar-refractivity contribution in [2.75, 3.05) is 26.3 Å². The number of aliphatic hydroxyl groups is 1. The van der Waals surface area contributed by atoms with Gasteiger partial charge in [0.2, 0.25) is 0 Å². The van der Waals surface area contributed by atoms with Crippen molar-refractivity contribution in [3.8, 4) is 0 Å². The minimum atomic E-state index is -0.943. The lowest BCUT2D eigenvalue weighted by atomic mass is 10.5. The number of alkyl carbamates (subject to hydrolysis) is 1. The number of carbonyl (C=O) groups excluding carboxylic acids is 1. The Hall–Kier alpha value is -1.50. The van der Waals surface area contributed by atoms with Gasteiger partial charge in [0, 0.05) is 19.7 Å². The van der Waals surface area contributed by atoms with Gasteiger partial charge in [-0.3, -0.25) is 0 Å². The molecule has 0 unspecified atom stereocenters. The first kappa shape index (κ1) is 17.9. The van der Waals surface area contributed by atoms with E-state index < -0.39 is 12.2 Å². The topological polar surface area (TPSA) is 108 Å². The van der Waals surface area contributed by atoms with E-state index >= 15 is 0 Å². The van der Waals surface area contributed by atoms with Crippen LogP contribution >= 0.6 is 0 Å². The molecule has 0 atom stereocenters. The van der Waals surface area contributed by atoms with Crippen molar-refractivity contribution >= 4 is 12.2 Å². The highest BCUT2D eigenvalue weighted by Crippen LogP contribution is 1.77. The van der Waals surface area contributed by atoms with Gasteiger partial charge in [-0.15, -0.1) is 0 Å². The third-order valence-corrected chi connectivity index (χ3v) is 1.41. The first-order valence-electron chi connectivity index (χ1n) is 5.56. The van der Waals surface area contributed by atoms with Gasteiger partial charge in [-0.05, 0) is 19.8 Å². The molecule has 0 heterocycles. The van der Waals surface area contributed by atoms with Crippen LogP contribution < -0.4 is 10.6 Å². The van der Waals surface area contributed by atoms with Crippen molar-refractivity contribution in [3.05, 3.63) is 0 Å². The van der Waals surface area contributed by atoms with Gasteiger partial charge in [-0.2, -0.15) is 0 Å². The molecule has 0 aromatic rings. The van der Waals surface area contributed by atoms with E-state index in [9.17, 15) is 9.59 Å². The molecule has 0 aromatic carbocycles. The molecule has 102 valence electrons. The van der Waals surface area contributed by atoms with Crippen molar-refractivity contribution in [2.24, 2.45) is 0 Å². The highest BCUT2D eigenvalue weighted by molar-refractivity contribution is 5.66. The number of carbonyl (C=O) groups is 2. The maximum absolute atomic E-state index is 10.5. The largest absolute Gasteiger partial charge is 0.465 e. The summed E-state index contributed by atoms with van der Waals surface area (Å²) in [6, 6.07) is 0. The summed E-state index contributed by atoms with van der Waals surface area (Å²) < 4.78 is 4.56. The van der Waals surface area contributed by atoms with Gasteiger partial charge in [0.05, 0.1) is 6.61 Å². The molecule has 0 aliphatic heterocycles. The molecular formula is C10H22N2O5. The fourth-order valence-corrected chi connectivity index (χ4v) is 0.684. The summed E-state index contributed by atoms with van der Waals surface area (Å²) in [5.74, 6) is 0. The summed E-state index contributed by atoms with van der Waals surface area (Å²) >= 11 is 0. The highest BCUT2D eigenvalue weighted by Gasteiger charge is 1.96. The van der Waals surface area contributed by atoms with E-state index in [0.29, 0.717) is 26.1 Å². The zero-order valence-corrected chi connectivity index (χ0v) is 10.4. The number of hydrogen-bond acceptors (Lipinski definition) is 4. The molecule has 0 aromatic heterocycles. The number of nitrogens with one attached hydrogen (secondary N) is 2. The molecule has 0 bridgehead atoms. The Kier molecular flexibility index (Phi) is 15.3. The molecule has 17 heavy (non-hydrogen) atoms. The minimum Gasteiger partial charge on any atom is -0.465 e. The molecule has 0 saturated carbocycles. The lowest BCUT2D eigenvalue weighted by molar-refractivity contribution is 0.151. The molecule has 0 rings (SSSR count). The summed E-state index contributed by atoms with van der Waals surface area (Å²) in [6.07, 6.45) is 0.0586. The van der Waals surface area contributed by atoms with Crippen molar-refractivity contribution in [2.45, 2.75) is 26.7 Å². The van der Waals surface area contributed by atoms with Crippen LogP contribution in [0.3, 0.4) is 0 Å². The molecule has 0 saturated heterocycles. The van der Waals surface area contributed by atoms with Gasteiger partial charge in [0.25, 0.3) is 0 Å². The van der Waals surface area contributed by atoms with Gasteiger partial charge in [0.15, 0.2) is 0 Å². The second kappa shape index (κ2) is 14.5. The number of amides is 2. The zero-order chi connectivity index (χ0) is 13.5. The zero-order valence-electron chi connectivity index (χ0n) is 10.4. The Labute approximate surface area is 101 Å². The van der Waals surface area contributed by atoms with E-state index in [-0.39, 0.29) is 6.61 Å². The first-order valence-corrected chi connectivity index (χ1v) is 5.56. The lowest BCUT2D eigenvalue weighted by Crippen LogP contribution is -2.25. The maximum atomic E-state index is 10.5. The molecule has 0 radical (unpaired) electrons. The van der Waals surface area contributed by atoms with E-state index in [1.54, 1.807) is 6.92 Å². The van der Waals surface area contributed by atoms with Crippen molar-refractivity contribution in [1.29, 1.82) is 0 Å². The van der Waals surface area contributed by atoms with Crippen LogP contribution in [0, 0.1) is 0 Å². The predicted octanol–water partition coefficient (Wildman–Crippen LogP) is 0.779. The van der Waals surface area contributed by atoms with Crippen LogP contribution in [0.5, 0.6) is 0 Å². The van der Waals surface area contributed by atoms with Crippen LogP contribution in [0.2, 0.25) is 0 Å². The van der Waals surface area contributed by atoms with Crippen LogP contribution in [0.25, 0.3) is 0 Å². The first-order chi connectivity index (χ1) is 8.08. The summed E-state index contributed by atoms with van der Waals surface area (Å²) in [4.78, 5) is 20.1. The van der Waals surface area contributed by atoms with Gasteiger partial charge in [-0.25, -0.2) is 9.59 Å². The quantitative estimate of drug-likeness (QED) is 0.521. The summed E-state index contributed by atoms with van der Waals surface area (Å²) in [5.41, 5.74) is 0. The number of aliphatic hydroxyl groups excluding tert-OH is 1. The smallest absolute Gasteiger partial charge is 0.407 e. The molecule has 7 heteroatoms. The van der Waals surface area contributed by atoms with E-state index in [4.69, 9.17) is 10.2 Å². The van der Waals surface area contributed by atoms with Crippen molar-refractivity contribution in [3.63, 3.8) is 0 Å². The lowest BCUT2D eigenvalue weighted by Gasteiger charge is -2.02. The maximum Gasteiger partial charge on any atom is 0.407 e. The molecule has 7 nitrogen and oxygen atoms in total. The van der Waals surface area contributed by atoms with E-state index in [1.165, 1.54) is 0 Å². The van der Waals surface area contributed by atoms with Crippen molar-refractivity contribution < 1.29 is 24.5 Å². The van der Waals surface area contributed by atoms with Gasteiger partial charge >= 0.3 is 12.2 Å². The molecule has 0 fully saturated rings. The molecular weight excluding hydrogens is 228 g/mol. The normalized spacial score (nSPS) is 8.65. The monoisotopic (exact) mass is 250 g/mol. The minimum absolute atomic E-state index is 0.0897. The third kappa shape index (κ3) is 20.5. The Balaban J connectivity index is 0. The Morgan fingerprint density at radius 2 is 1.82 bits per heavy atom. The molecule has 0 spiro atoms. The Morgan fingerprint density at radius 1 is 1.18 bits per heavy atom. The van der Waals surface area contributed by atoms with E-state index in [1.807, 2.05) is 6.92 Å². The third-order valence-electron chi connectivity index (χ3n) is 1.41. The standard InChI is InChI=1S/C6H13NO3.C4H9NO2/c1-2-10-6(9)7-4-3-5-8;1-2-3-5-4(6)7/h8H,2-5H2,1H3,(H,7,9);5H,2-3H2,1H3,(H,6,7). The molecule has 2 amide bonds. The number of rotatable bonds is 6. The second-order valence-electron chi connectivity index (χ2n) is 2.96. The average Bonchev–Trinajstić information content (AvgIpc) is 2.28. The van der Waals surface area contributed by atoms with Gasteiger partial charge in [0.1, 0.15) is 0 Å². The molecule has 0 aliphatic carbocycles. The second-order valence-corrected chi connectivity index (χ2v) is 2.96. The van der Waals surface area contributed by atoms with Crippen LogP contribution in [0.15, 0.2) is 0 Å². The molecule has 4 N–H and O–H groups in total. The van der Waals surface area contributed by atoms with Crippen molar-refractivity contribution in [1.82, 2.24) is 10.6 Å². The van der Waals surface area contributed by atoms with Crippen LogP contribution in [-0.4, -0.2) is 48.7 Å². The van der Waals surface area contributed by atoms with Crippen LogP contribution in [0.4, 0.5) is 9.59 Å². The van der Waals surface area contributed by atoms with Crippen LogP contribution in [0.1, 0.15) is 26.7 Å². The van der Waals surface area contributed by atoms with Gasteiger partial charge in [-0.1, -0.05) is 6.92 Å². The SMILES string of the molecule is CCCNC(=O)O.CCOC(=O)NCCCO. The van der Waals surface area contributed by atoms with E-state index in [2.05, 4.69) is 15.4 Å². The number of ether oxygens (including phenoxy) is 1. The summed E-state index contributed by atoms with van der Waals surface area (Å²) in [5, 5.41) is 20.9. The fourth-order valence-electron chi connectivity index (χ4n) is 0.684. The Bertz CT molecular complexity index is 199. The number of carboxylic acid groups (broad SMARTS) is 1. The Morgan fingerprint density at radius 3 is 2.18 bits per heavy atom. The van der Waals surface area contributed by atoms with E-state index in [0.717, 1.165) is 6.42 Å². The predicted molar refractivity (Wildman–Crippen MR) is 63.0 cm³/mol. The molecule has 0 aliphatic rings. The summed E-state index contributed by atoms with van der Waals surface area (Å²) in [6.45, 7) is 5.14. The average molecular weight is 250 g/mol. The van der Waals surface area contributed by atoms with Crippen LogP contribution in [-0.2, 0) is 4.74 Å². The number of hydrogen-bond donors (Lipinski definition) is 4. The van der Waals surface area contributed by atoms with Gasteiger partial charge < -0.3 is 25.6 Å². The highest BCUT2D eigenvalue weighted by atomic mass is 16.5.